The summed E-state index contributed by atoms with van der Waals surface area (Å²) in [4.78, 5) is 42.9. The highest BCUT2D eigenvalue weighted by Crippen LogP contribution is 2.18. The lowest BCUT2D eigenvalue weighted by Crippen LogP contribution is -2.39. The molecule has 3 rings (SSSR count). The van der Waals surface area contributed by atoms with Crippen LogP contribution in [0, 0.1) is 5.92 Å². The van der Waals surface area contributed by atoms with Gasteiger partial charge in [0.1, 0.15) is 6.54 Å². The van der Waals surface area contributed by atoms with Crippen molar-refractivity contribution >= 4 is 51.1 Å². The number of carbonyl (C=O) groups excluding carboxylic acids is 3. The van der Waals surface area contributed by atoms with Crippen LogP contribution in [0.25, 0.3) is 10.2 Å². The summed E-state index contributed by atoms with van der Waals surface area (Å²) in [6.45, 7) is 3.80. The van der Waals surface area contributed by atoms with Crippen molar-refractivity contribution in [1.29, 1.82) is 0 Å². The number of para-hydroxylation sites is 1. The summed E-state index contributed by atoms with van der Waals surface area (Å²) in [5, 5.41) is 0. The largest absolute Gasteiger partial charge is 0.468 e. The van der Waals surface area contributed by atoms with Crippen molar-refractivity contribution in [2.45, 2.75) is 26.3 Å². The molecule has 0 atom stereocenters. The number of rotatable bonds is 6. The minimum atomic E-state index is -0.404. The Morgan fingerprint density at radius 1 is 1.21 bits per heavy atom. The molecule has 1 aliphatic heterocycles. The number of carbonyl (C=O) groups is 3. The number of amides is 2. The minimum absolute atomic E-state index is 0.00830. The van der Waals surface area contributed by atoms with E-state index in [1.165, 1.54) is 30.2 Å². The first-order valence-electron chi connectivity index (χ1n) is 9.56. The Morgan fingerprint density at radius 2 is 1.93 bits per heavy atom. The van der Waals surface area contributed by atoms with Crippen molar-refractivity contribution in [1.82, 2.24) is 9.47 Å². The fraction of sp³-hybridized carbons (Fsp3) is 0.500. The molecule has 1 aromatic carbocycles. The second-order valence-corrected chi connectivity index (χ2v) is 9.07. The molecule has 0 saturated carbocycles. The maximum Gasteiger partial charge on any atom is 0.325 e. The van der Waals surface area contributed by atoms with E-state index in [1.54, 1.807) is 4.57 Å². The number of ether oxygens (including phenoxy) is 1. The number of thiazole rings is 1. The number of methoxy groups -OCH3 is 1. The molecule has 2 amide bonds. The predicted octanol–water partition coefficient (Wildman–Crippen LogP) is 2.29. The standard InChI is InChI=1S/C20H25N3O4S2/c1-14-7-9-22(10-8-14)18(25)13-28-12-17(24)21-20-23(11-19(26)27-2)15-5-3-4-6-16(15)29-20/h3-6,14H,7-13H2,1-2H3. The van der Waals surface area contributed by atoms with Gasteiger partial charge in [0.05, 0.1) is 28.8 Å². The zero-order valence-corrected chi connectivity index (χ0v) is 18.3. The third-order valence-corrected chi connectivity index (χ3v) is 6.87. The molecule has 2 aromatic rings. The number of aromatic nitrogens is 1. The SMILES string of the molecule is COC(=O)Cn1c(=NC(=O)CSCC(=O)N2CCC(C)CC2)sc2ccccc21. The van der Waals surface area contributed by atoms with Crippen molar-refractivity contribution in [3.63, 3.8) is 0 Å². The zero-order valence-electron chi connectivity index (χ0n) is 16.6. The van der Waals surface area contributed by atoms with Gasteiger partial charge in [0.25, 0.3) is 5.91 Å². The number of esters is 1. The van der Waals surface area contributed by atoms with Crippen LogP contribution in [-0.2, 0) is 25.7 Å². The number of hydrogen-bond donors (Lipinski definition) is 0. The van der Waals surface area contributed by atoms with Crippen LogP contribution in [0.4, 0.5) is 0 Å². The van der Waals surface area contributed by atoms with Crippen molar-refractivity contribution < 1.29 is 19.1 Å². The maximum atomic E-state index is 12.4. The number of thioether (sulfide) groups is 1. The van der Waals surface area contributed by atoms with Gasteiger partial charge >= 0.3 is 5.97 Å². The molecule has 0 radical (unpaired) electrons. The van der Waals surface area contributed by atoms with E-state index in [9.17, 15) is 14.4 Å². The fourth-order valence-electron chi connectivity index (χ4n) is 3.17. The third kappa shape index (κ3) is 5.70. The Bertz CT molecular complexity index is 958. The number of benzene rings is 1. The molecule has 0 bridgehead atoms. The van der Waals surface area contributed by atoms with Gasteiger partial charge in [-0.3, -0.25) is 14.4 Å². The van der Waals surface area contributed by atoms with Crippen molar-refractivity contribution in [2.75, 3.05) is 31.7 Å². The van der Waals surface area contributed by atoms with Crippen molar-refractivity contribution in [3.05, 3.63) is 29.1 Å². The Balaban J connectivity index is 1.64. The predicted molar refractivity (Wildman–Crippen MR) is 115 cm³/mol. The molecule has 0 N–H and O–H groups in total. The molecule has 29 heavy (non-hydrogen) atoms. The molecule has 0 unspecified atom stereocenters. The molecule has 0 spiro atoms. The second kappa shape index (κ2) is 10.1. The lowest BCUT2D eigenvalue weighted by atomic mass is 9.99. The molecule has 1 aromatic heterocycles. The second-order valence-electron chi connectivity index (χ2n) is 7.08. The van der Waals surface area contributed by atoms with Gasteiger partial charge in [0.2, 0.25) is 5.91 Å². The van der Waals surface area contributed by atoms with Gasteiger partial charge in [-0.25, -0.2) is 0 Å². The molecule has 1 saturated heterocycles. The normalized spacial score (nSPS) is 15.7. The van der Waals surface area contributed by atoms with Crippen LogP contribution in [0.2, 0.25) is 0 Å². The number of nitrogens with zero attached hydrogens (tertiary/aromatic N) is 3. The van der Waals surface area contributed by atoms with Crippen LogP contribution in [0.5, 0.6) is 0 Å². The van der Waals surface area contributed by atoms with Gasteiger partial charge in [0, 0.05) is 13.1 Å². The third-order valence-electron chi connectivity index (χ3n) is 4.91. The van der Waals surface area contributed by atoms with Crippen LogP contribution < -0.4 is 4.80 Å². The van der Waals surface area contributed by atoms with Crippen LogP contribution >= 0.6 is 23.1 Å². The van der Waals surface area contributed by atoms with Gasteiger partial charge in [-0.15, -0.1) is 11.8 Å². The topological polar surface area (TPSA) is 81.0 Å². The van der Waals surface area contributed by atoms with E-state index in [0.717, 1.165) is 36.1 Å². The first-order valence-corrected chi connectivity index (χ1v) is 11.5. The van der Waals surface area contributed by atoms with Crippen LogP contribution in [-0.4, -0.2) is 59.0 Å². The molecule has 9 heteroatoms. The monoisotopic (exact) mass is 435 g/mol. The number of likely N-dealkylation sites (tertiary alicyclic amines) is 1. The van der Waals surface area contributed by atoms with Gasteiger partial charge in [0.15, 0.2) is 4.80 Å². The number of piperidine rings is 1. The van der Waals surface area contributed by atoms with E-state index in [2.05, 4.69) is 11.9 Å². The smallest absolute Gasteiger partial charge is 0.325 e. The average Bonchev–Trinajstić information content (AvgIpc) is 3.05. The molecule has 2 heterocycles. The Morgan fingerprint density at radius 3 is 2.66 bits per heavy atom. The number of hydrogen-bond acceptors (Lipinski definition) is 6. The summed E-state index contributed by atoms with van der Waals surface area (Å²) in [6.07, 6.45) is 2.08. The molecule has 156 valence electrons. The summed E-state index contributed by atoms with van der Waals surface area (Å²) in [7, 11) is 1.33. The summed E-state index contributed by atoms with van der Waals surface area (Å²) in [5.41, 5.74) is 0.830. The highest BCUT2D eigenvalue weighted by atomic mass is 32.2. The maximum absolute atomic E-state index is 12.4. The van der Waals surface area contributed by atoms with E-state index in [0.29, 0.717) is 10.7 Å². The van der Waals surface area contributed by atoms with E-state index in [4.69, 9.17) is 4.74 Å². The van der Waals surface area contributed by atoms with Crippen LogP contribution in [0.3, 0.4) is 0 Å². The van der Waals surface area contributed by atoms with Crippen LogP contribution in [0.15, 0.2) is 29.3 Å². The van der Waals surface area contributed by atoms with Gasteiger partial charge in [-0.2, -0.15) is 4.99 Å². The number of fused-ring (bicyclic) bond motifs is 1. The quantitative estimate of drug-likeness (QED) is 0.651. The lowest BCUT2D eigenvalue weighted by Gasteiger charge is -2.30. The Kier molecular flexibility index (Phi) is 7.49. The minimum Gasteiger partial charge on any atom is -0.468 e. The highest BCUT2D eigenvalue weighted by molar-refractivity contribution is 8.00. The summed E-state index contributed by atoms with van der Waals surface area (Å²) >= 11 is 2.63. The summed E-state index contributed by atoms with van der Waals surface area (Å²) < 4.78 is 7.38. The van der Waals surface area contributed by atoms with Crippen molar-refractivity contribution in [3.8, 4) is 0 Å². The molecule has 1 fully saturated rings. The first-order chi connectivity index (χ1) is 14.0. The summed E-state index contributed by atoms with van der Waals surface area (Å²) in [5.74, 6) is 0.438. The van der Waals surface area contributed by atoms with Crippen LogP contribution in [0.1, 0.15) is 19.8 Å². The highest BCUT2D eigenvalue weighted by Gasteiger charge is 2.20. The zero-order chi connectivity index (χ0) is 20.8. The van der Waals surface area contributed by atoms with E-state index >= 15 is 0 Å². The molecule has 0 aliphatic carbocycles. The van der Waals surface area contributed by atoms with Crippen molar-refractivity contribution in [2.24, 2.45) is 10.9 Å². The van der Waals surface area contributed by atoms with E-state index in [1.807, 2.05) is 29.2 Å². The van der Waals surface area contributed by atoms with E-state index in [-0.39, 0.29) is 29.9 Å². The molecular weight excluding hydrogens is 410 g/mol. The Hall–Kier alpha value is -2.13. The molecule has 1 aliphatic rings. The van der Waals surface area contributed by atoms with Gasteiger partial charge in [-0.05, 0) is 30.9 Å². The van der Waals surface area contributed by atoms with Gasteiger partial charge in [-0.1, -0.05) is 30.4 Å². The first kappa shape index (κ1) is 21.6. The lowest BCUT2D eigenvalue weighted by molar-refractivity contribution is -0.141. The van der Waals surface area contributed by atoms with Gasteiger partial charge < -0.3 is 14.2 Å². The molecular formula is C20H25N3O4S2. The molecule has 7 nitrogen and oxygen atoms in total. The summed E-state index contributed by atoms with van der Waals surface area (Å²) in [6, 6.07) is 7.57. The average molecular weight is 436 g/mol. The Labute approximate surface area is 177 Å². The van der Waals surface area contributed by atoms with E-state index < -0.39 is 5.97 Å². The fourth-order valence-corrected chi connectivity index (χ4v) is 4.91.